The molecule has 0 radical (unpaired) electrons. The van der Waals surface area contributed by atoms with Gasteiger partial charge in [0.25, 0.3) is 0 Å². The fourth-order valence-corrected chi connectivity index (χ4v) is 3.54. The summed E-state index contributed by atoms with van der Waals surface area (Å²) in [6.07, 6.45) is 3.58. The van der Waals surface area contributed by atoms with Crippen molar-refractivity contribution < 1.29 is 4.79 Å². The number of rotatable bonds is 8. The Bertz CT molecular complexity index is 808. The zero-order valence-electron chi connectivity index (χ0n) is 16.8. The van der Waals surface area contributed by atoms with Crippen LogP contribution in [0.25, 0.3) is 6.08 Å². The minimum Gasteiger partial charge on any atom is -0.347 e. The maximum atomic E-state index is 12.9. The van der Waals surface area contributed by atoms with Crippen LogP contribution in [0, 0.1) is 5.92 Å². The highest BCUT2D eigenvalue weighted by Gasteiger charge is 2.28. The largest absolute Gasteiger partial charge is 0.347 e. The van der Waals surface area contributed by atoms with Gasteiger partial charge in [-0.2, -0.15) is 0 Å². The average molecular weight is 363 g/mol. The van der Waals surface area contributed by atoms with Crippen molar-refractivity contribution in [3.8, 4) is 0 Å². The molecule has 0 bridgehead atoms. The molecular weight excluding hydrogens is 332 g/mol. The molecule has 142 valence electrons. The molecular formula is C24H30N2O. The van der Waals surface area contributed by atoms with Crippen LogP contribution >= 0.6 is 0 Å². The van der Waals surface area contributed by atoms with Gasteiger partial charge < -0.3 is 5.32 Å². The van der Waals surface area contributed by atoms with Gasteiger partial charge in [-0.05, 0) is 57.0 Å². The number of para-hydroxylation sites is 1. The third-order valence-corrected chi connectivity index (χ3v) is 4.55. The zero-order valence-corrected chi connectivity index (χ0v) is 16.8. The van der Waals surface area contributed by atoms with Crippen LogP contribution < -0.4 is 5.32 Å². The number of aliphatic imine (C=N–C) groups is 1. The normalized spacial score (nSPS) is 13.9. The second-order valence-electron chi connectivity index (χ2n) is 7.82. The molecule has 0 spiro atoms. The van der Waals surface area contributed by atoms with Gasteiger partial charge >= 0.3 is 0 Å². The van der Waals surface area contributed by atoms with Crippen LogP contribution in [-0.2, 0) is 11.2 Å². The van der Waals surface area contributed by atoms with Gasteiger partial charge in [0.05, 0.1) is 5.69 Å². The van der Waals surface area contributed by atoms with Crippen LogP contribution in [-0.4, -0.2) is 18.2 Å². The highest BCUT2D eigenvalue weighted by atomic mass is 16.1. The van der Waals surface area contributed by atoms with Gasteiger partial charge in [-0.1, -0.05) is 62.4 Å². The predicted octanol–water partition coefficient (Wildman–Crippen LogP) is 5.59. The molecule has 2 aromatic rings. The predicted molar refractivity (Wildman–Crippen MR) is 115 cm³/mol. The molecule has 3 nitrogen and oxygen atoms in total. The highest BCUT2D eigenvalue weighted by molar-refractivity contribution is 5.98. The molecule has 3 heteroatoms. The minimum atomic E-state index is -0.308. The molecule has 0 heterocycles. The van der Waals surface area contributed by atoms with Crippen molar-refractivity contribution in [2.24, 2.45) is 10.9 Å². The SMILES string of the molecule is C=Nc1ccccc1/C=C(\C)C(=O)NC(C)(Cc1ccccc1)CC(C)C. The van der Waals surface area contributed by atoms with E-state index in [1.807, 2.05) is 55.5 Å². The summed E-state index contributed by atoms with van der Waals surface area (Å²) in [5, 5.41) is 3.28. The van der Waals surface area contributed by atoms with Gasteiger partial charge in [0.1, 0.15) is 0 Å². The number of hydrogen-bond donors (Lipinski definition) is 1. The molecule has 0 aliphatic heterocycles. The Morgan fingerprint density at radius 2 is 1.78 bits per heavy atom. The van der Waals surface area contributed by atoms with E-state index in [1.54, 1.807) is 0 Å². The first kappa shape index (κ1) is 20.6. The summed E-state index contributed by atoms with van der Waals surface area (Å²) >= 11 is 0. The molecule has 1 atom stereocenters. The first-order valence-electron chi connectivity index (χ1n) is 9.43. The molecule has 0 aliphatic carbocycles. The van der Waals surface area contributed by atoms with E-state index in [-0.39, 0.29) is 11.4 Å². The van der Waals surface area contributed by atoms with Crippen molar-refractivity contribution >= 4 is 24.4 Å². The Hall–Kier alpha value is -2.68. The Labute approximate surface area is 163 Å². The third kappa shape index (κ3) is 6.21. The van der Waals surface area contributed by atoms with Gasteiger partial charge in [-0.15, -0.1) is 0 Å². The summed E-state index contributed by atoms with van der Waals surface area (Å²) in [4.78, 5) is 16.9. The van der Waals surface area contributed by atoms with E-state index >= 15 is 0 Å². The molecule has 1 unspecified atom stereocenters. The van der Waals surface area contributed by atoms with E-state index in [4.69, 9.17) is 0 Å². The van der Waals surface area contributed by atoms with Crippen LogP contribution in [0.15, 0.2) is 65.2 Å². The lowest BCUT2D eigenvalue weighted by molar-refractivity contribution is -0.119. The summed E-state index contributed by atoms with van der Waals surface area (Å²) < 4.78 is 0. The Balaban J connectivity index is 2.21. The summed E-state index contributed by atoms with van der Waals surface area (Å²) in [6.45, 7) is 11.9. The fraction of sp³-hybridized carbons (Fsp3) is 0.333. The lowest BCUT2D eigenvalue weighted by Gasteiger charge is -2.33. The smallest absolute Gasteiger partial charge is 0.247 e. The molecule has 0 fully saturated rings. The minimum absolute atomic E-state index is 0.0482. The van der Waals surface area contributed by atoms with Crippen molar-refractivity contribution in [3.63, 3.8) is 0 Å². The number of amides is 1. The third-order valence-electron chi connectivity index (χ3n) is 4.55. The molecule has 0 aliphatic rings. The van der Waals surface area contributed by atoms with Gasteiger partial charge in [-0.25, -0.2) is 0 Å². The summed E-state index contributed by atoms with van der Waals surface area (Å²) in [5.74, 6) is 0.432. The molecule has 2 aromatic carbocycles. The second-order valence-corrected chi connectivity index (χ2v) is 7.82. The van der Waals surface area contributed by atoms with Crippen molar-refractivity contribution in [2.45, 2.75) is 46.1 Å². The Morgan fingerprint density at radius 3 is 2.41 bits per heavy atom. The van der Waals surface area contributed by atoms with Crippen LogP contribution in [0.3, 0.4) is 0 Å². The monoisotopic (exact) mass is 362 g/mol. The van der Waals surface area contributed by atoms with Crippen molar-refractivity contribution in [2.75, 3.05) is 0 Å². The quantitative estimate of drug-likeness (QED) is 0.483. The molecule has 0 saturated carbocycles. The van der Waals surface area contributed by atoms with Crippen LogP contribution in [0.5, 0.6) is 0 Å². The maximum absolute atomic E-state index is 12.9. The number of carbonyl (C=O) groups is 1. The van der Waals surface area contributed by atoms with Crippen LogP contribution in [0.1, 0.15) is 45.2 Å². The Morgan fingerprint density at radius 1 is 1.15 bits per heavy atom. The van der Waals surface area contributed by atoms with Crippen molar-refractivity contribution in [1.29, 1.82) is 0 Å². The first-order valence-corrected chi connectivity index (χ1v) is 9.43. The number of benzene rings is 2. The second kappa shape index (κ2) is 9.31. The number of carbonyl (C=O) groups excluding carboxylic acids is 1. The topological polar surface area (TPSA) is 41.5 Å². The summed E-state index contributed by atoms with van der Waals surface area (Å²) in [7, 11) is 0. The number of hydrogen-bond acceptors (Lipinski definition) is 2. The van der Waals surface area contributed by atoms with Gasteiger partial charge in [-0.3, -0.25) is 9.79 Å². The standard InChI is InChI=1S/C24H30N2O/c1-18(2)16-24(4,17-20-11-7-6-8-12-20)26-23(27)19(3)15-21-13-9-10-14-22(21)25-5/h6-15,18H,5,16-17H2,1-4H3,(H,26,27)/b19-15+. The molecule has 0 aromatic heterocycles. The van der Waals surface area contributed by atoms with Gasteiger partial charge in [0.15, 0.2) is 0 Å². The first-order chi connectivity index (χ1) is 12.8. The summed E-state index contributed by atoms with van der Waals surface area (Å²) in [5.41, 5.74) is 3.25. The van der Waals surface area contributed by atoms with E-state index in [0.717, 1.165) is 24.1 Å². The van der Waals surface area contributed by atoms with E-state index in [9.17, 15) is 4.79 Å². The zero-order chi connectivity index (χ0) is 19.9. The highest BCUT2D eigenvalue weighted by Crippen LogP contribution is 2.24. The lowest BCUT2D eigenvalue weighted by Crippen LogP contribution is -2.48. The van der Waals surface area contributed by atoms with Crippen molar-refractivity contribution in [1.82, 2.24) is 5.32 Å². The molecule has 0 saturated heterocycles. The average Bonchev–Trinajstić information content (AvgIpc) is 2.61. The van der Waals surface area contributed by atoms with E-state index < -0.39 is 0 Å². The lowest BCUT2D eigenvalue weighted by atomic mass is 9.84. The molecule has 1 amide bonds. The van der Waals surface area contributed by atoms with Gasteiger partial charge in [0, 0.05) is 16.7 Å². The summed E-state index contributed by atoms with van der Waals surface area (Å²) in [6, 6.07) is 18.0. The number of nitrogens with one attached hydrogen (secondary N) is 1. The fourth-order valence-electron chi connectivity index (χ4n) is 3.54. The number of nitrogens with zero attached hydrogens (tertiary/aromatic N) is 1. The van der Waals surface area contributed by atoms with Crippen LogP contribution in [0.2, 0.25) is 0 Å². The molecule has 27 heavy (non-hydrogen) atoms. The van der Waals surface area contributed by atoms with Crippen molar-refractivity contribution in [3.05, 3.63) is 71.3 Å². The van der Waals surface area contributed by atoms with Crippen LogP contribution in [0.4, 0.5) is 5.69 Å². The van der Waals surface area contributed by atoms with E-state index in [2.05, 4.69) is 49.9 Å². The molecule has 1 N–H and O–H groups in total. The maximum Gasteiger partial charge on any atom is 0.247 e. The molecule has 2 rings (SSSR count). The van der Waals surface area contributed by atoms with E-state index in [1.165, 1.54) is 5.56 Å². The Kier molecular flexibility index (Phi) is 7.12. The van der Waals surface area contributed by atoms with E-state index in [0.29, 0.717) is 11.5 Å². The van der Waals surface area contributed by atoms with Gasteiger partial charge in [0.2, 0.25) is 5.91 Å².